The molecule has 0 radical (unpaired) electrons. The van der Waals surface area contributed by atoms with Gasteiger partial charge in [-0.2, -0.15) is 0 Å². The number of fused-ring (bicyclic) bond motifs is 1. The van der Waals surface area contributed by atoms with Crippen molar-refractivity contribution in [3.05, 3.63) is 54.1 Å². The van der Waals surface area contributed by atoms with Gasteiger partial charge in [-0.05, 0) is 18.1 Å². The molecular weight excluding hydrogens is 280 g/mol. The van der Waals surface area contributed by atoms with Crippen molar-refractivity contribution in [3.8, 4) is 0 Å². The second-order valence-corrected chi connectivity index (χ2v) is 5.73. The van der Waals surface area contributed by atoms with Crippen molar-refractivity contribution < 1.29 is 9.90 Å². The fourth-order valence-electron chi connectivity index (χ4n) is 2.91. The molecule has 0 bridgehead atoms. The Hall–Kier alpha value is -2.34. The topological polar surface area (TPSA) is 79.2 Å². The number of imidazole rings is 1. The molecule has 1 aromatic heterocycles. The largest absolute Gasteiger partial charge is 0.390 e. The van der Waals surface area contributed by atoms with Gasteiger partial charge < -0.3 is 20.3 Å². The highest BCUT2D eigenvalue weighted by molar-refractivity contribution is 5.75. The van der Waals surface area contributed by atoms with Gasteiger partial charge in [0.1, 0.15) is 0 Å². The average molecular weight is 300 g/mol. The fourth-order valence-corrected chi connectivity index (χ4v) is 2.91. The molecule has 1 aliphatic rings. The highest BCUT2D eigenvalue weighted by Gasteiger charge is 2.31. The number of urea groups is 1. The third-order valence-electron chi connectivity index (χ3n) is 3.91. The van der Waals surface area contributed by atoms with E-state index in [4.69, 9.17) is 0 Å². The Labute approximate surface area is 129 Å². The molecule has 1 aliphatic carbocycles. The van der Waals surface area contributed by atoms with Crippen LogP contribution >= 0.6 is 0 Å². The lowest BCUT2D eigenvalue weighted by molar-refractivity contribution is 0.142. The maximum absolute atomic E-state index is 12.1. The van der Waals surface area contributed by atoms with Crippen LogP contribution in [0.15, 0.2) is 43.0 Å². The summed E-state index contributed by atoms with van der Waals surface area (Å²) in [5, 5.41) is 15.9. The van der Waals surface area contributed by atoms with Crippen LogP contribution in [0.2, 0.25) is 0 Å². The van der Waals surface area contributed by atoms with Crippen molar-refractivity contribution >= 4 is 6.03 Å². The molecular formula is C16H20N4O2. The first-order valence-corrected chi connectivity index (χ1v) is 7.42. The molecule has 0 saturated heterocycles. The molecule has 6 nitrogen and oxygen atoms in total. The SMILES string of the molecule is C[C@H](Cn1ccnc1)NC(=O)N[C@@H]1c2ccccc2C[C@@H]1O. The van der Waals surface area contributed by atoms with E-state index in [-0.39, 0.29) is 18.1 Å². The van der Waals surface area contributed by atoms with E-state index in [9.17, 15) is 9.90 Å². The molecule has 0 spiro atoms. The van der Waals surface area contributed by atoms with Gasteiger partial charge in [-0.15, -0.1) is 0 Å². The van der Waals surface area contributed by atoms with E-state index in [1.807, 2.05) is 42.0 Å². The Kier molecular flexibility index (Phi) is 4.11. The normalized spacial score (nSPS) is 21.2. The second kappa shape index (κ2) is 6.19. The van der Waals surface area contributed by atoms with Gasteiger partial charge in [0.2, 0.25) is 0 Å². The monoisotopic (exact) mass is 300 g/mol. The van der Waals surface area contributed by atoms with Crippen LogP contribution in [-0.4, -0.2) is 32.8 Å². The average Bonchev–Trinajstić information content (AvgIpc) is 3.08. The highest BCUT2D eigenvalue weighted by Crippen LogP contribution is 2.30. The first kappa shape index (κ1) is 14.6. The standard InChI is InChI=1S/C16H20N4O2/c1-11(9-20-7-6-17-10-20)18-16(22)19-15-13-5-3-2-4-12(13)8-14(15)21/h2-7,10-11,14-15,21H,8-9H2,1H3,(H2,18,19,22)/t11-,14+,15-/m1/s1. The predicted octanol–water partition coefficient (Wildman–Crippen LogP) is 1.23. The lowest BCUT2D eigenvalue weighted by atomic mass is 10.1. The van der Waals surface area contributed by atoms with Crippen LogP contribution in [0, 0.1) is 0 Å². The van der Waals surface area contributed by atoms with Crippen LogP contribution in [0.1, 0.15) is 24.1 Å². The third kappa shape index (κ3) is 3.12. The Morgan fingerprint density at radius 1 is 1.50 bits per heavy atom. The molecule has 0 saturated carbocycles. The lowest BCUT2D eigenvalue weighted by Crippen LogP contribution is -2.45. The van der Waals surface area contributed by atoms with Gasteiger partial charge >= 0.3 is 6.03 Å². The Morgan fingerprint density at radius 2 is 2.32 bits per heavy atom. The number of aliphatic hydroxyl groups is 1. The zero-order valence-electron chi connectivity index (χ0n) is 12.4. The third-order valence-corrected chi connectivity index (χ3v) is 3.91. The van der Waals surface area contributed by atoms with Crippen LogP contribution in [0.3, 0.4) is 0 Å². The number of rotatable bonds is 4. The van der Waals surface area contributed by atoms with Crippen LogP contribution in [0.25, 0.3) is 0 Å². The minimum atomic E-state index is -0.577. The highest BCUT2D eigenvalue weighted by atomic mass is 16.3. The molecule has 0 unspecified atom stereocenters. The molecule has 6 heteroatoms. The summed E-state index contributed by atoms with van der Waals surface area (Å²) in [6.45, 7) is 2.58. The lowest BCUT2D eigenvalue weighted by Gasteiger charge is -2.21. The van der Waals surface area contributed by atoms with Crippen molar-refractivity contribution in [1.29, 1.82) is 0 Å². The number of hydrogen-bond donors (Lipinski definition) is 3. The van der Waals surface area contributed by atoms with Gasteiger partial charge in [0.05, 0.1) is 18.5 Å². The minimum absolute atomic E-state index is 0.0389. The first-order chi connectivity index (χ1) is 10.6. The number of nitrogens with zero attached hydrogens (tertiary/aromatic N) is 2. The molecule has 3 rings (SSSR count). The fraction of sp³-hybridized carbons (Fsp3) is 0.375. The summed E-state index contributed by atoms with van der Waals surface area (Å²) >= 11 is 0. The van der Waals surface area contributed by atoms with Crippen LogP contribution in [0.5, 0.6) is 0 Å². The van der Waals surface area contributed by atoms with Gasteiger partial charge in [-0.3, -0.25) is 0 Å². The molecule has 116 valence electrons. The van der Waals surface area contributed by atoms with E-state index in [1.165, 1.54) is 0 Å². The molecule has 3 atom stereocenters. The van der Waals surface area contributed by atoms with Gasteiger partial charge in [-0.25, -0.2) is 9.78 Å². The number of aromatic nitrogens is 2. The molecule has 0 aliphatic heterocycles. The summed E-state index contributed by atoms with van der Waals surface area (Å²) in [5.74, 6) is 0. The number of carbonyl (C=O) groups is 1. The maximum atomic E-state index is 12.1. The van der Waals surface area contributed by atoms with Crippen molar-refractivity contribution in [2.75, 3.05) is 0 Å². The van der Waals surface area contributed by atoms with Crippen LogP contribution < -0.4 is 10.6 Å². The number of aliphatic hydroxyl groups excluding tert-OH is 1. The Bertz CT molecular complexity index is 641. The van der Waals surface area contributed by atoms with E-state index in [1.54, 1.807) is 12.5 Å². The van der Waals surface area contributed by atoms with E-state index >= 15 is 0 Å². The van der Waals surface area contributed by atoms with Crippen molar-refractivity contribution in [3.63, 3.8) is 0 Å². The first-order valence-electron chi connectivity index (χ1n) is 7.42. The van der Waals surface area contributed by atoms with Crippen molar-refractivity contribution in [1.82, 2.24) is 20.2 Å². The summed E-state index contributed by atoms with van der Waals surface area (Å²) in [6, 6.07) is 7.14. The molecule has 2 aromatic rings. The Morgan fingerprint density at radius 3 is 3.09 bits per heavy atom. The molecule has 2 amide bonds. The number of carbonyl (C=O) groups excluding carboxylic acids is 1. The van der Waals surface area contributed by atoms with Crippen molar-refractivity contribution in [2.24, 2.45) is 0 Å². The number of hydrogen-bond acceptors (Lipinski definition) is 3. The molecule has 3 N–H and O–H groups in total. The number of benzene rings is 1. The molecule has 22 heavy (non-hydrogen) atoms. The van der Waals surface area contributed by atoms with E-state index < -0.39 is 6.10 Å². The summed E-state index contributed by atoms with van der Waals surface area (Å²) in [6.07, 6.45) is 5.27. The summed E-state index contributed by atoms with van der Waals surface area (Å²) in [4.78, 5) is 16.1. The van der Waals surface area contributed by atoms with Gasteiger partial charge in [-0.1, -0.05) is 24.3 Å². The van der Waals surface area contributed by atoms with E-state index in [0.29, 0.717) is 13.0 Å². The quantitative estimate of drug-likeness (QED) is 0.794. The van der Waals surface area contributed by atoms with E-state index in [2.05, 4.69) is 15.6 Å². The van der Waals surface area contributed by atoms with E-state index in [0.717, 1.165) is 11.1 Å². The summed E-state index contributed by atoms with van der Waals surface area (Å²) in [7, 11) is 0. The van der Waals surface area contributed by atoms with Gasteiger partial charge in [0, 0.05) is 31.4 Å². The second-order valence-electron chi connectivity index (χ2n) is 5.73. The maximum Gasteiger partial charge on any atom is 0.315 e. The zero-order chi connectivity index (χ0) is 15.5. The summed E-state index contributed by atoms with van der Waals surface area (Å²) in [5.41, 5.74) is 2.08. The predicted molar refractivity (Wildman–Crippen MR) is 82.3 cm³/mol. The number of nitrogens with one attached hydrogen (secondary N) is 2. The Balaban J connectivity index is 1.58. The molecule has 1 aromatic carbocycles. The zero-order valence-corrected chi connectivity index (χ0v) is 12.4. The summed E-state index contributed by atoms with van der Waals surface area (Å²) < 4.78 is 1.91. The van der Waals surface area contributed by atoms with Crippen LogP contribution in [-0.2, 0) is 13.0 Å². The minimum Gasteiger partial charge on any atom is -0.390 e. The van der Waals surface area contributed by atoms with Crippen LogP contribution in [0.4, 0.5) is 4.79 Å². The van der Waals surface area contributed by atoms with Gasteiger partial charge in [0.25, 0.3) is 0 Å². The number of amides is 2. The van der Waals surface area contributed by atoms with Crippen molar-refractivity contribution in [2.45, 2.75) is 38.1 Å². The molecule has 0 fully saturated rings. The smallest absolute Gasteiger partial charge is 0.315 e. The molecule has 1 heterocycles. The van der Waals surface area contributed by atoms with Gasteiger partial charge in [0.15, 0.2) is 0 Å².